The van der Waals surface area contributed by atoms with Gasteiger partial charge in [-0.2, -0.15) is 15.5 Å². The van der Waals surface area contributed by atoms with Gasteiger partial charge in [0.2, 0.25) is 0 Å². The minimum atomic E-state index is 0.107. The van der Waals surface area contributed by atoms with Crippen molar-refractivity contribution in [3.05, 3.63) is 0 Å². The van der Waals surface area contributed by atoms with Crippen molar-refractivity contribution in [2.75, 3.05) is 13.1 Å². The van der Waals surface area contributed by atoms with Crippen LogP contribution in [0.2, 0.25) is 0 Å². The van der Waals surface area contributed by atoms with E-state index in [4.69, 9.17) is 5.26 Å². The summed E-state index contributed by atoms with van der Waals surface area (Å²) in [5, 5.41) is 16.4. The Labute approximate surface area is 74.5 Å². The van der Waals surface area contributed by atoms with Gasteiger partial charge in [-0.3, -0.25) is 0 Å². The van der Waals surface area contributed by atoms with E-state index >= 15 is 0 Å². The first-order valence-electron chi connectivity index (χ1n) is 4.54. The molecule has 0 amide bonds. The van der Waals surface area contributed by atoms with Crippen LogP contribution in [0.25, 0.3) is 0 Å². The third-order valence-electron chi connectivity index (χ3n) is 1.59. The first-order valence-corrected chi connectivity index (χ1v) is 4.54. The average Bonchev–Trinajstić information content (AvgIpc) is 2.10. The van der Waals surface area contributed by atoms with Gasteiger partial charge in [0.15, 0.2) is 0 Å². The topological polar surface area (TPSA) is 48.5 Å². The number of hydrogen-bond acceptors (Lipinski definition) is 3. The molecule has 0 saturated carbocycles. The van der Waals surface area contributed by atoms with E-state index in [1.165, 1.54) is 0 Å². The summed E-state index contributed by atoms with van der Waals surface area (Å²) in [6.45, 7) is 5.56. The summed E-state index contributed by atoms with van der Waals surface area (Å²) in [7, 11) is 0. The van der Waals surface area contributed by atoms with Crippen LogP contribution in [0.4, 0.5) is 0 Å². The predicted molar refractivity (Wildman–Crippen MR) is 48.9 cm³/mol. The first kappa shape index (κ1) is 11.1. The Morgan fingerprint density at radius 2 is 2.00 bits per heavy atom. The lowest BCUT2D eigenvalue weighted by Crippen LogP contribution is -1.92. The fourth-order valence-corrected chi connectivity index (χ4v) is 0.686. The van der Waals surface area contributed by atoms with E-state index in [1.807, 2.05) is 6.92 Å². The van der Waals surface area contributed by atoms with Crippen molar-refractivity contribution in [3.8, 4) is 6.07 Å². The van der Waals surface area contributed by atoms with Gasteiger partial charge in [0, 0.05) is 5.92 Å². The van der Waals surface area contributed by atoms with Gasteiger partial charge in [0.25, 0.3) is 0 Å². The highest BCUT2D eigenvalue weighted by Crippen LogP contribution is 1.99. The SMILES string of the molecule is CCCCN=NCCC(C)C#N. The van der Waals surface area contributed by atoms with Gasteiger partial charge in [-0.1, -0.05) is 13.3 Å². The van der Waals surface area contributed by atoms with Gasteiger partial charge in [-0.15, -0.1) is 0 Å². The van der Waals surface area contributed by atoms with Crippen molar-refractivity contribution in [2.24, 2.45) is 16.1 Å². The number of unbranched alkanes of at least 4 members (excludes halogenated alkanes) is 1. The molecule has 1 unspecified atom stereocenters. The Balaban J connectivity index is 3.19. The van der Waals surface area contributed by atoms with Crippen molar-refractivity contribution in [1.82, 2.24) is 0 Å². The molecule has 68 valence electrons. The van der Waals surface area contributed by atoms with Crippen LogP contribution in [0.3, 0.4) is 0 Å². The van der Waals surface area contributed by atoms with E-state index in [-0.39, 0.29) is 5.92 Å². The van der Waals surface area contributed by atoms with Crippen LogP contribution >= 0.6 is 0 Å². The second-order valence-electron chi connectivity index (χ2n) is 2.90. The molecule has 3 heteroatoms. The summed E-state index contributed by atoms with van der Waals surface area (Å²) in [4.78, 5) is 0. The highest BCUT2D eigenvalue weighted by atomic mass is 15.1. The molecule has 0 aromatic rings. The molecule has 0 spiro atoms. The van der Waals surface area contributed by atoms with Crippen LogP contribution in [0.1, 0.15) is 33.1 Å². The van der Waals surface area contributed by atoms with Crippen molar-refractivity contribution >= 4 is 0 Å². The van der Waals surface area contributed by atoms with Crippen molar-refractivity contribution in [2.45, 2.75) is 33.1 Å². The average molecular weight is 167 g/mol. The Kier molecular flexibility index (Phi) is 7.57. The van der Waals surface area contributed by atoms with Gasteiger partial charge in [-0.25, -0.2) is 0 Å². The van der Waals surface area contributed by atoms with Crippen molar-refractivity contribution < 1.29 is 0 Å². The van der Waals surface area contributed by atoms with Gasteiger partial charge < -0.3 is 0 Å². The molecule has 3 nitrogen and oxygen atoms in total. The lowest BCUT2D eigenvalue weighted by molar-refractivity contribution is 0.645. The molecule has 0 bridgehead atoms. The lowest BCUT2D eigenvalue weighted by Gasteiger charge is -1.95. The van der Waals surface area contributed by atoms with E-state index in [2.05, 4.69) is 23.2 Å². The molecule has 0 heterocycles. The van der Waals surface area contributed by atoms with Gasteiger partial charge >= 0.3 is 0 Å². The third kappa shape index (κ3) is 7.20. The number of nitriles is 1. The second kappa shape index (κ2) is 8.19. The molecule has 0 aliphatic rings. The molecule has 0 fully saturated rings. The van der Waals surface area contributed by atoms with E-state index in [1.54, 1.807) is 0 Å². The van der Waals surface area contributed by atoms with E-state index in [0.717, 1.165) is 25.8 Å². The highest BCUT2D eigenvalue weighted by molar-refractivity contribution is 4.78. The molecule has 0 aromatic heterocycles. The Bertz CT molecular complexity index is 158. The zero-order chi connectivity index (χ0) is 9.23. The summed E-state index contributed by atoms with van der Waals surface area (Å²) in [6, 6.07) is 2.17. The minimum absolute atomic E-state index is 0.107. The number of nitrogens with zero attached hydrogens (tertiary/aromatic N) is 3. The van der Waals surface area contributed by atoms with E-state index in [0.29, 0.717) is 6.54 Å². The predicted octanol–water partition coefficient (Wildman–Crippen LogP) is 2.79. The highest BCUT2D eigenvalue weighted by Gasteiger charge is 1.96. The monoisotopic (exact) mass is 167 g/mol. The summed E-state index contributed by atoms with van der Waals surface area (Å²) < 4.78 is 0. The third-order valence-corrected chi connectivity index (χ3v) is 1.59. The molecule has 0 aliphatic carbocycles. The Morgan fingerprint density at radius 3 is 2.58 bits per heavy atom. The van der Waals surface area contributed by atoms with Crippen LogP contribution < -0.4 is 0 Å². The summed E-state index contributed by atoms with van der Waals surface area (Å²) in [5.74, 6) is 0.107. The molecular formula is C9H17N3. The first-order chi connectivity index (χ1) is 5.81. The molecule has 0 radical (unpaired) electrons. The Hall–Kier alpha value is -0.910. The van der Waals surface area contributed by atoms with Gasteiger partial charge in [-0.05, 0) is 19.8 Å². The minimum Gasteiger partial charge on any atom is -0.198 e. The molecule has 0 aliphatic heterocycles. The molecule has 0 N–H and O–H groups in total. The summed E-state index contributed by atoms with van der Waals surface area (Å²) in [5.41, 5.74) is 0. The standard InChI is InChI=1S/C9H17N3/c1-3-4-6-11-12-7-5-9(2)8-10/h9H,3-7H2,1-2H3. The number of hydrogen-bond donors (Lipinski definition) is 0. The molecular weight excluding hydrogens is 150 g/mol. The second-order valence-corrected chi connectivity index (χ2v) is 2.90. The van der Waals surface area contributed by atoms with Crippen LogP contribution in [0, 0.1) is 17.2 Å². The maximum atomic E-state index is 8.45. The summed E-state index contributed by atoms with van der Waals surface area (Å²) >= 11 is 0. The van der Waals surface area contributed by atoms with Crippen LogP contribution in [-0.2, 0) is 0 Å². The largest absolute Gasteiger partial charge is 0.198 e. The maximum Gasteiger partial charge on any atom is 0.0653 e. The zero-order valence-electron chi connectivity index (χ0n) is 7.95. The Morgan fingerprint density at radius 1 is 1.33 bits per heavy atom. The normalized spacial score (nSPS) is 13.1. The molecule has 0 rings (SSSR count). The molecule has 0 aromatic carbocycles. The number of rotatable bonds is 6. The number of azo groups is 1. The molecule has 0 saturated heterocycles. The van der Waals surface area contributed by atoms with Gasteiger partial charge in [0.1, 0.15) is 0 Å². The smallest absolute Gasteiger partial charge is 0.0653 e. The van der Waals surface area contributed by atoms with Crippen molar-refractivity contribution in [3.63, 3.8) is 0 Å². The van der Waals surface area contributed by atoms with Crippen LogP contribution in [0.15, 0.2) is 10.2 Å². The van der Waals surface area contributed by atoms with Crippen LogP contribution in [-0.4, -0.2) is 13.1 Å². The van der Waals surface area contributed by atoms with Crippen molar-refractivity contribution in [1.29, 1.82) is 5.26 Å². The van der Waals surface area contributed by atoms with E-state index < -0.39 is 0 Å². The van der Waals surface area contributed by atoms with E-state index in [9.17, 15) is 0 Å². The fraction of sp³-hybridized carbons (Fsp3) is 0.889. The maximum absolute atomic E-state index is 8.45. The quantitative estimate of drug-likeness (QED) is 0.443. The molecule has 1 atom stereocenters. The zero-order valence-corrected chi connectivity index (χ0v) is 7.95. The van der Waals surface area contributed by atoms with Crippen LogP contribution in [0.5, 0.6) is 0 Å². The fourth-order valence-electron chi connectivity index (χ4n) is 0.686. The molecule has 12 heavy (non-hydrogen) atoms. The lowest BCUT2D eigenvalue weighted by atomic mass is 10.1. The van der Waals surface area contributed by atoms with Gasteiger partial charge in [0.05, 0.1) is 19.2 Å². The summed E-state index contributed by atoms with van der Waals surface area (Å²) in [6.07, 6.45) is 3.09.